The molecule has 1 atom stereocenters. The number of carbonyl (C=O) groups is 1. The summed E-state index contributed by atoms with van der Waals surface area (Å²) in [7, 11) is 0. The summed E-state index contributed by atoms with van der Waals surface area (Å²) in [4.78, 5) is 14.0. The van der Waals surface area contributed by atoms with Gasteiger partial charge in [-0.2, -0.15) is 13.2 Å². The molecule has 1 unspecified atom stereocenters. The lowest BCUT2D eigenvalue weighted by Gasteiger charge is -2.35. The maximum atomic E-state index is 13.2. The van der Waals surface area contributed by atoms with Crippen LogP contribution in [0.4, 0.5) is 13.2 Å². The van der Waals surface area contributed by atoms with Crippen LogP contribution in [0.3, 0.4) is 0 Å². The molecule has 0 spiro atoms. The van der Waals surface area contributed by atoms with Crippen molar-refractivity contribution >= 4 is 29.3 Å². The van der Waals surface area contributed by atoms with Crippen molar-refractivity contribution in [3.8, 4) is 0 Å². The predicted octanol–water partition coefficient (Wildman–Crippen LogP) is 2.38. The normalized spacial score (nSPS) is 17.5. The Morgan fingerprint density at radius 1 is 1.33 bits per heavy atom. The molecule has 1 aliphatic heterocycles. The first kappa shape index (κ1) is 19.4. The molecule has 1 fully saturated rings. The van der Waals surface area contributed by atoms with Gasteiger partial charge >= 0.3 is 6.18 Å². The third-order valence-corrected chi connectivity index (χ3v) is 5.17. The second kappa shape index (κ2) is 8.94. The van der Waals surface area contributed by atoms with Gasteiger partial charge in [0.15, 0.2) is 0 Å². The van der Waals surface area contributed by atoms with Crippen LogP contribution in [-0.2, 0) is 4.79 Å². The van der Waals surface area contributed by atoms with Crippen molar-refractivity contribution in [3.63, 3.8) is 0 Å². The average Bonchev–Trinajstić information content (AvgIpc) is 2.54. The molecule has 1 amide bonds. The van der Waals surface area contributed by atoms with Gasteiger partial charge in [0.05, 0.1) is 10.8 Å². The Balaban J connectivity index is 1.84. The van der Waals surface area contributed by atoms with Crippen molar-refractivity contribution < 1.29 is 18.0 Å². The topological polar surface area (TPSA) is 44.4 Å². The first-order valence-corrected chi connectivity index (χ1v) is 8.90. The molecule has 2 N–H and O–H groups in total. The molecular weight excluding hydrogens is 363 g/mol. The smallest absolute Gasteiger partial charge is 0.353 e. The lowest BCUT2D eigenvalue weighted by Crippen LogP contribution is -2.57. The molecule has 4 nitrogen and oxygen atoms in total. The van der Waals surface area contributed by atoms with Crippen molar-refractivity contribution in [2.75, 3.05) is 38.5 Å². The van der Waals surface area contributed by atoms with E-state index in [-0.39, 0.29) is 5.75 Å². The van der Waals surface area contributed by atoms with Crippen LogP contribution >= 0.6 is 23.4 Å². The number of halogens is 4. The third kappa shape index (κ3) is 5.84. The molecule has 0 bridgehead atoms. The van der Waals surface area contributed by atoms with Crippen molar-refractivity contribution in [2.45, 2.75) is 17.1 Å². The van der Waals surface area contributed by atoms with Crippen LogP contribution in [-0.4, -0.2) is 61.5 Å². The minimum Gasteiger partial charge on any atom is -0.353 e. The molecule has 1 aromatic rings. The minimum absolute atomic E-state index is 0.0237. The number of rotatable bonds is 6. The zero-order chi connectivity index (χ0) is 17.6. The van der Waals surface area contributed by atoms with Gasteiger partial charge in [-0.05, 0) is 12.1 Å². The number of nitrogens with one attached hydrogen (secondary N) is 2. The van der Waals surface area contributed by atoms with Gasteiger partial charge in [0.25, 0.3) is 0 Å². The highest BCUT2D eigenvalue weighted by Crippen LogP contribution is 2.27. The molecule has 1 aliphatic rings. The second-order valence-electron chi connectivity index (χ2n) is 5.37. The van der Waals surface area contributed by atoms with E-state index in [2.05, 4.69) is 10.6 Å². The van der Waals surface area contributed by atoms with Crippen molar-refractivity contribution in [1.29, 1.82) is 0 Å². The van der Waals surface area contributed by atoms with Crippen LogP contribution in [0.15, 0.2) is 29.2 Å². The Kier molecular flexibility index (Phi) is 7.21. The van der Waals surface area contributed by atoms with Crippen LogP contribution in [0, 0.1) is 0 Å². The van der Waals surface area contributed by atoms with Gasteiger partial charge in [-0.15, -0.1) is 11.8 Å². The molecular formula is C15H19ClF3N3OS. The molecule has 0 aromatic heterocycles. The van der Waals surface area contributed by atoms with Crippen molar-refractivity contribution in [1.82, 2.24) is 15.5 Å². The summed E-state index contributed by atoms with van der Waals surface area (Å²) < 4.78 is 39.7. The van der Waals surface area contributed by atoms with Crippen LogP contribution in [0.2, 0.25) is 5.02 Å². The summed E-state index contributed by atoms with van der Waals surface area (Å²) in [6.07, 6.45) is -4.37. The molecule has 1 saturated heterocycles. The lowest BCUT2D eigenvalue weighted by atomic mass is 10.2. The summed E-state index contributed by atoms with van der Waals surface area (Å²) in [5, 5.41) is 5.93. The maximum absolute atomic E-state index is 13.2. The summed E-state index contributed by atoms with van der Waals surface area (Å²) in [6.45, 7) is 1.22. The van der Waals surface area contributed by atoms with Gasteiger partial charge in [-0.1, -0.05) is 23.7 Å². The van der Waals surface area contributed by atoms with Crippen molar-refractivity contribution in [2.24, 2.45) is 0 Å². The number of piperazine rings is 1. The molecule has 1 aromatic carbocycles. The molecule has 0 aliphatic carbocycles. The average molecular weight is 382 g/mol. The van der Waals surface area contributed by atoms with E-state index in [1.165, 1.54) is 16.7 Å². The van der Waals surface area contributed by atoms with Crippen LogP contribution in [0.1, 0.15) is 0 Å². The Hall–Kier alpha value is -0.960. The van der Waals surface area contributed by atoms with Gasteiger partial charge in [-0.3, -0.25) is 9.69 Å². The summed E-state index contributed by atoms with van der Waals surface area (Å²) >= 11 is 7.18. The summed E-state index contributed by atoms with van der Waals surface area (Å²) in [6, 6.07) is 5.36. The molecule has 2 rings (SSSR count). The Morgan fingerprint density at radius 2 is 2.00 bits per heavy atom. The first-order chi connectivity index (χ1) is 11.4. The molecule has 24 heavy (non-hydrogen) atoms. The molecule has 134 valence electrons. The van der Waals surface area contributed by atoms with Gasteiger partial charge < -0.3 is 10.6 Å². The number of hydrogen-bond donors (Lipinski definition) is 2. The van der Waals surface area contributed by atoms with Crippen molar-refractivity contribution in [3.05, 3.63) is 29.3 Å². The fourth-order valence-electron chi connectivity index (χ4n) is 2.41. The number of carbonyl (C=O) groups excluding carboxylic acids is 1. The van der Waals surface area contributed by atoms with Gasteiger partial charge in [-0.25, -0.2) is 0 Å². The zero-order valence-corrected chi connectivity index (χ0v) is 14.5. The summed E-state index contributed by atoms with van der Waals surface area (Å²) in [5.74, 6) is -0.417. The largest absolute Gasteiger partial charge is 0.405 e. The fourth-order valence-corrected chi connectivity index (χ4v) is 3.48. The third-order valence-electron chi connectivity index (χ3n) is 3.66. The van der Waals surface area contributed by atoms with Gasteiger partial charge in [0.1, 0.15) is 6.04 Å². The van der Waals surface area contributed by atoms with Gasteiger partial charge in [0.2, 0.25) is 5.91 Å². The fraction of sp³-hybridized carbons (Fsp3) is 0.533. The summed E-state index contributed by atoms with van der Waals surface area (Å²) in [5.41, 5.74) is 0. The lowest BCUT2D eigenvalue weighted by molar-refractivity contribution is -0.183. The molecule has 0 radical (unpaired) electrons. The van der Waals surface area contributed by atoms with E-state index in [1.807, 2.05) is 0 Å². The predicted molar refractivity (Wildman–Crippen MR) is 89.5 cm³/mol. The first-order valence-electron chi connectivity index (χ1n) is 7.53. The Morgan fingerprint density at radius 3 is 2.62 bits per heavy atom. The molecule has 1 heterocycles. The second-order valence-corrected chi connectivity index (χ2v) is 6.79. The number of alkyl halides is 3. The maximum Gasteiger partial charge on any atom is 0.405 e. The molecule has 9 heteroatoms. The van der Waals surface area contributed by atoms with E-state index in [9.17, 15) is 18.0 Å². The number of thioether (sulfide) groups is 1. The zero-order valence-electron chi connectivity index (χ0n) is 12.9. The van der Waals surface area contributed by atoms with Gasteiger partial charge in [0, 0.05) is 37.6 Å². The van der Waals surface area contributed by atoms with E-state index in [1.54, 1.807) is 24.3 Å². The van der Waals surface area contributed by atoms with E-state index in [0.29, 0.717) is 31.2 Å². The number of hydrogen-bond acceptors (Lipinski definition) is 4. The minimum atomic E-state index is -4.37. The highest BCUT2D eigenvalue weighted by atomic mass is 35.5. The van der Waals surface area contributed by atoms with Crippen LogP contribution in [0.25, 0.3) is 0 Å². The monoisotopic (exact) mass is 381 g/mol. The van der Waals surface area contributed by atoms with Crippen LogP contribution < -0.4 is 10.6 Å². The molecule has 0 saturated carbocycles. The van der Waals surface area contributed by atoms with E-state index in [0.717, 1.165) is 4.90 Å². The number of nitrogens with zero attached hydrogens (tertiary/aromatic N) is 1. The number of amides is 1. The standard InChI is InChI=1S/C15H19ClF3N3OS/c16-11-3-1-2-4-12(11)24-10-14(23)21-9-13(15(17,18)19)22-7-5-20-6-8-22/h1-4,13,20H,5-10H2,(H,21,23). The highest BCUT2D eigenvalue weighted by molar-refractivity contribution is 8.00. The number of benzene rings is 1. The van der Waals surface area contributed by atoms with Crippen LogP contribution in [0.5, 0.6) is 0 Å². The highest BCUT2D eigenvalue weighted by Gasteiger charge is 2.43. The Labute approximate surface area is 148 Å². The van der Waals surface area contributed by atoms with E-state index >= 15 is 0 Å². The Bertz CT molecular complexity index is 553. The van der Waals surface area contributed by atoms with E-state index in [4.69, 9.17) is 11.6 Å². The van der Waals surface area contributed by atoms with E-state index < -0.39 is 24.7 Å². The SMILES string of the molecule is O=C(CSc1ccccc1Cl)NCC(N1CCNCC1)C(F)(F)F. The quantitative estimate of drug-likeness (QED) is 0.743.